The van der Waals surface area contributed by atoms with Crippen LogP contribution < -0.4 is 0 Å². The highest BCUT2D eigenvalue weighted by atomic mass is 19.1. The van der Waals surface area contributed by atoms with Crippen LogP contribution in [0.15, 0.2) is 78.9 Å². The molecule has 2 aliphatic rings. The number of benzene rings is 3. The van der Waals surface area contributed by atoms with Crippen molar-refractivity contribution in [3.8, 4) is 0 Å². The van der Waals surface area contributed by atoms with E-state index in [1.807, 2.05) is 47.4 Å². The summed E-state index contributed by atoms with van der Waals surface area (Å²) in [6.45, 7) is 4.29. The molecule has 174 valence electrons. The van der Waals surface area contributed by atoms with Crippen LogP contribution in [0.5, 0.6) is 0 Å². The van der Waals surface area contributed by atoms with Crippen LogP contribution in [0, 0.1) is 5.82 Å². The number of fused-ring (bicyclic) bond motifs is 1. The Kier molecular flexibility index (Phi) is 6.41. The summed E-state index contributed by atoms with van der Waals surface area (Å²) in [5.74, 6) is -0.387. The SMILES string of the molecule is O=C(C[C@H](c1ccc(F)cc1)N1Cc2ccccc2C1=O)N1CCN(Cc2ccccc2)CC1. The van der Waals surface area contributed by atoms with Crippen LogP contribution in [-0.2, 0) is 17.9 Å². The molecule has 0 N–H and O–H groups in total. The van der Waals surface area contributed by atoms with Crippen LogP contribution in [0.2, 0.25) is 0 Å². The molecule has 2 heterocycles. The van der Waals surface area contributed by atoms with Crippen molar-refractivity contribution in [3.63, 3.8) is 0 Å². The molecule has 0 aromatic heterocycles. The maximum atomic E-state index is 13.6. The fraction of sp³-hybridized carbons (Fsp3) is 0.286. The number of halogens is 1. The Labute approximate surface area is 199 Å². The van der Waals surface area contributed by atoms with Crippen molar-refractivity contribution >= 4 is 11.8 Å². The van der Waals surface area contributed by atoms with Gasteiger partial charge in [-0.3, -0.25) is 14.5 Å². The van der Waals surface area contributed by atoms with Crippen LogP contribution in [0.3, 0.4) is 0 Å². The summed E-state index contributed by atoms with van der Waals surface area (Å²) in [6, 6.07) is 23.6. The van der Waals surface area contributed by atoms with Gasteiger partial charge in [0, 0.05) is 44.8 Å². The van der Waals surface area contributed by atoms with Crippen molar-refractivity contribution in [1.29, 1.82) is 0 Å². The van der Waals surface area contributed by atoms with E-state index in [0.29, 0.717) is 25.2 Å². The number of nitrogens with zero attached hydrogens (tertiary/aromatic N) is 3. The lowest BCUT2D eigenvalue weighted by Crippen LogP contribution is -2.49. The lowest BCUT2D eigenvalue weighted by molar-refractivity contribution is -0.134. The summed E-state index contributed by atoms with van der Waals surface area (Å²) in [5, 5.41) is 0. The third-order valence-corrected chi connectivity index (χ3v) is 6.82. The minimum absolute atomic E-state index is 0.0254. The van der Waals surface area contributed by atoms with Crippen molar-refractivity contribution in [2.45, 2.75) is 25.6 Å². The predicted octanol–water partition coefficient (Wildman–Crippen LogP) is 4.26. The lowest BCUT2D eigenvalue weighted by Gasteiger charge is -2.36. The predicted molar refractivity (Wildman–Crippen MR) is 128 cm³/mol. The van der Waals surface area contributed by atoms with Gasteiger partial charge in [-0.15, -0.1) is 0 Å². The largest absolute Gasteiger partial charge is 0.340 e. The molecule has 1 saturated heterocycles. The number of hydrogen-bond donors (Lipinski definition) is 0. The average molecular weight is 458 g/mol. The van der Waals surface area contributed by atoms with Gasteiger partial charge in [-0.25, -0.2) is 4.39 Å². The second kappa shape index (κ2) is 9.77. The molecule has 6 heteroatoms. The molecule has 1 fully saturated rings. The number of amides is 2. The minimum Gasteiger partial charge on any atom is -0.340 e. The molecular formula is C28H28FN3O2. The van der Waals surface area contributed by atoms with E-state index >= 15 is 0 Å². The molecule has 0 spiro atoms. The van der Waals surface area contributed by atoms with Crippen LogP contribution >= 0.6 is 0 Å². The number of carbonyl (C=O) groups is 2. The summed E-state index contributed by atoms with van der Waals surface area (Å²) in [6.07, 6.45) is 0.185. The zero-order valence-corrected chi connectivity index (χ0v) is 19.1. The van der Waals surface area contributed by atoms with E-state index in [-0.39, 0.29) is 24.1 Å². The zero-order valence-electron chi connectivity index (χ0n) is 19.1. The number of hydrogen-bond acceptors (Lipinski definition) is 3. The standard InChI is InChI=1S/C28H28FN3O2/c29-24-12-10-22(11-13-24)26(32-20-23-8-4-5-9-25(23)28(32)34)18-27(33)31-16-14-30(15-17-31)19-21-6-2-1-3-7-21/h1-13,26H,14-20H2/t26-/m1/s1. The maximum absolute atomic E-state index is 13.6. The van der Waals surface area contributed by atoms with Gasteiger partial charge in [-0.1, -0.05) is 60.7 Å². The van der Waals surface area contributed by atoms with Gasteiger partial charge < -0.3 is 9.80 Å². The van der Waals surface area contributed by atoms with Crippen molar-refractivity contribution in [2.24, 2.45) is 0 Å². The van der Waals surface area contributed by atoms with E-state index in [2.05, 4.69) is 17.0 Å². The minimum atomic E-state index is -0.435. The molecule has 1 atom stereocenters. The first-order valence-electron chi connectivity index (χ1n) is 11.8. The number of carbonyl (C=O) groups excluding carboxylic acids is 2. The van der Waals surface area contributed by atoms with Crippen LogP contribution in [0.1, 0.15) is 39.5 Å². The van der Waals surface area contributed by atoms with Gasteiger partial charge in [0.1, 0.15) is 5.82 Å². The molecule has 3 aromatic carbocycles. The highest BCUT2D eigenvalue weighted by Crippen LogP contribution is 2.34. The molecule has 0 aliphatic carbocycles. The Hall–Kier alpha value is -3.51. The van der Waals surface area contributed by atoms with E-state index < -0.39 is 6.04 Å². The van der Waals surface area contributed by atoms with E-state index in [0.717, 1.165) is 30.8 Å². The van der Waals surface area contributed by atoms with Crippen molar-refractivity contribution in [1.82, 2.24) is 14.7 Å². The highest BCUT2D eigenvalue weighted by Gasteiger charge is 2.35. The normalized spacial score (nSPS) is 17.0. The maximum Gasteiger partial charge on any atom is 0.255 e. The third kappa shape index (κ3) is 4.73. The second-order valence-corrected chi connectivity index (χ2v) is 9.00. The molecule has 5 nitrogen and oxygen atoms in total. The molecule has 0 saturated carbocycles. The van der Waals surface area contributed by atoms with Gasteiger partial charge in [0.25, 0.3) is 5.91 Å². The van der Waals surface area contributed by atoms with Crippen molar-refractivity contribution in [2.75, 3.05) is 26.2 Å². The van der Waals surface area contributed by atoms with Crippen molar-refractivity contribution in [3.05, 3.63) is 107 Å². The van der Waals surface area contributed by atoms with Gasteiger partial charge in [0.05, 0.1) is 12.5 Å². The summed E-state index contributed by atoms with van der Waals surface area (Å²) in [7, 11) is 0. The average Bonchev–Trinajstić information content (AvgIpc) is 3.20. The first-order valence-corrected chi connectivity index (χ1v) is 11.8. The molecule has 2 amide bonds. The quantitative estimate of drug-likeness (QED) is 0.556. The molecule has 5 rings (SSSR count). The molecule has 0 unspecified atom stereocenters. The van der Waals surface area contributed by atoms with Crippen LogP contribution in [0.4, 0.5) is 4.39 Å². The molecular weight excluding hydrogens is 429 g/mol. The first-order chi connectivity index (χ1) is 16.6. The van der Waals surface area contributed by atoms with E-state index in [1.165, 1.54) is 17.7 Å². The molecule has 34 heavy (non-hydrogen) atoms. The van der Waals surface area contributed by atoms with Crippen LogP contribution in [0.25, 0.3) is 0 Å². The third-order valence-electron chi connectivity index (χ3n) is 6.82. The Bertz CT molecular complexity index is 1160. The molecule has 3 aromatic rings. The van der Waals surface area contributed by atoms with Crippen LogP contribution in [-0.4, -0.2) is 52.7 Å². The fourth-order valence-electron chi connectivity index (χ4n) is 4.91. The molecule has 0 radical (unpaired) electrons. The summed E-state index contributed by atoms with van der Waals surface area (Å²) >= 11 is 0. The van der Waals surface area contributed by atoms with Gasteiger partial charge in [-0.05, 0) is 34.9 Å². The summed E-state index contributed by atoms with van der Waals surface area (Å²) in [5.41, 5.74) is 3.68. The number of rotatable bonds is 6. The monoisotopic (exact) mass is 457 g/mol. The number of piperazine rings is 1. The first kappa shape index (κ1) is 22.3. The highest BCUT2D eigenvalue weighted by molar-refractivity contribution is 5.98. The van der Waals surface area contributed by atoms with E-state index in [9.17, 15) is 14.0 Å². The van der Waals surface area contributed by atoms with Gasteiger partial charge in [-0.2, -0.15) is 0 Å². The van der Waals surface area contributed by atoms with E-state index in [1.54, 1.807) is 17.0 Å². The lowest BCUT2D eigenvalue weighted by atomic mass is 10.0. The Morgan fingerprint density at radius 3 is 2.24 bits per heavy atom. The van der Waals surface area contributed by atoms with E-state index in [4.69, 9.17) is 0 Å². The van der Waals surface area contributed by atoms with Gasteiger partial charge in [0.2, 0.25) is 5.91 Å². The topological polar surface area (TPSA) is 43.9 Å². The molecule has 2 aliphatic heterocycles. The summed E-state index contributed by atoms with van der Waals surface area (Å²) in [4.78, 5) is 32.5. The molecule has 0 bridgehead atoms. The Morgan fingerprint density at radius 1 is 0.853 bits per heavy atom. The fourth-order valence-corrected chi connectivity index (χ4v) is 4.91. The summed E-state index contributed by atoms with van der Waals surface area (Å²) < 4.78 is 13.6. The Morgan fingerprint density at radius 2 is 1.53 bits per heavy atom. The smallest absolute Gasteiger partial charge is 0.255 e. The zero-order chi connectivity index (χ0) is 23.5. The second-order valence-electron chi connectivity index (χ2n) is 9.00. The van der Waals surface area contributed by atoms with Crippen molar-refractivity contribution < 1.29 is 14.0 Å². The Balaban J connectivity index is 1.28. The van der Waals surface area contributed by atoms with Gasteiger partial charge >= 0.3 is 0 Å². The van der Waals surface area contributed by atoms with Gasteiger partial charge in [0.15, 0.2) is 0 Å².